The summed E-state index contributed by atoms with van der Waals surface area (Å²) < 4.78 is 19.3. The highest BCUT2D eigenvalue weighted by Crippen LogP contribution is 2.21. The van der Waals surface area contributed by atoms with E-state index in [1.807, 2.05) is 19.1 Å². The van der Waals surface area contributed by atoms with Crippen molar-refractivity contribution in [2.75, 3.05) is 18.0 Å². The number of anilines is 1. The number of rotatable bonds is 7. The smallest absolute Gasteiger partial charge is 0.261 e. The van der Waals surface area contributed by atoms with Gasteiger partial charge >= 0.3 is 0 Å². The molecule has 27 heavy (non-hydrogen) atoms. The number of piperidine rings is 1. The third-order valence-corrected chi connectivity index (χ3v) is 4.89. The quantitative estimate of drug-likeness (QED) is 0.790. The van der Waals surface area contributed by atoms with Gasteiger partial charge in [0.2, 0.25) is 0 Å². The third kappa shape index (κ3) is 5.22. The molecule has 1 unspecified atom stereocenters. The van der Waals surface area contributed by atoms with Crippen LogP contribution in [0.15, 0.2) is 48.5 Å². The Labute approximate surface area is 160 Å². The summed E-state index contributed by atoms with van der Waals surface area (Å²) in [5.74, 6) is -0.594. The van der Waals surface area contributed by atoms with E-state index in [0.29, 0.717) is 13.0 Å². The van der Waals surface area contributed by atoms with Crippen molar-refractivity contribution in [2.24, 2.45) is 0 Å². The molecule has 4 nitrogen and oxygen atoms in total. The number of amides is 1. The van der Waals surface area contributed by atoms with Crippen molar-refractivity contribution in [3.05, 3.63) is 59.9 Å². The normalized spacial score (nSPS) is 15.3. The summed E-state index contributed by atoms with van der Waals surface area (Å²) in [4.78, 5) is 14.8. The molecular formula is C22H27FN2O2. The molecule has 0 bridgehead atoms. The lowest BCUT2D eigenvalue weighted by Crippen LogP contribution is -2.37. The van der Waals surface area contributed by atoms with E-state index in [1.54, 1.807) is 12.1 Å². The third-order valence-electron chi connectivity index (χ3n) is 4.89. The lowest BCUT2D eigenvalue weighted by Gasteiger charge is -2.28. The Morgan fingerprint density at radius 3 is 2.48 bits per heavy atom. The van der Waals surface area contributed by atoms with Crippen molar-refractivity contribution in [2.45, 2.75) is 45.3 Å². The monoisotopic (exact) mass is 370 g/mol. The molecule has 144 valence electrons. The van der Waals surface area contributed by atoms with E-state index in [1.165, 1.54) is 37.1 Å². The molecule has 1 atom stereocenters. The molecule has 0 radical (unpaired) electrons. The summed E-state index contributed by atoms with van der Waals surface area (Å²) in [7, 11) is 0. The van der Waals surface area contributed by atoms with E-state index in [0.717, 1.165) is 18.7 Å². The fourth-order valence-electron chi connectivity index (χ4n) is 3.30. The minimum Gasteiger partial charge on any atom is -0.478 e. The zero-order valence-electron chi connectivity index (χ0n) is 15.8. The molecule has 1 amide bonds. The molecule has 1 aliphatic rings. The van der Waals surface area contributed by atoms with E-state index < -0.39 is 11.9 Å². The summed E-state index contributed by atoms with van der Waals surface area (Å²) >= 11 is 0. The van der Waals surface area contributed by atoms with Crippen LogP contribution >= 0.6 is 0 Å². The molecule has 1 fully saturated rings. The Kier molecular flexibility index (Phi) is 6.69. The summed E-state index contributed by atoms with van der Waals surface area (Å²) in [6.07, 6.45) is 3.56. The number of para-hydroxylation sites is 1. The number of halogens is 1. The number of carbonyl (C=O) groups excluding carboxylic acids is 1. The Bertz CT molecular complexity index is 742. The maximum absolute atomic E-state index is 13.7. The lowest BCUT2D eigenvalue weighted by atomic mass is 10.1. The summed E-state index contributed by atoms with van der Waals surface area (Å²) in [5.41, 5.74) is 2.27. The highest BCUT2D eigenvalue weighted by Gasteiger charge is 2.19. The van der Waals surface area contributed by atoms with Crippen LogP contribution in [0.3, 0.4) is 0 Å². The van der Waals surface area contributed by atoms with Crippen LogP contribution in [0.1, 0.15) is 38.2 Å². The average molecular weight is 370 g/mol. The molecule has 0 aliphatic carbocycles. The molecule has 1 aliphatic heterocycles. The maximum Gasteiger partial charge on any atom is 0.261 e. The topological polar surface area (TPSA) is 41.6 Å². The van der Waals surface area contributed by atoms with Gasteiger partial charge in [0, 0.05) is 25.3 Å². The molecule has 1 saturated heterocycles. The number of hydrogen-bond donors (Lipinski definition) is 1. The zero-order valence-corrected chi connectivity index (χ0v) is 15.8. The van der Waals surface area contributed by atoms with Gasteiger partial charge in [-0.05, 0) is 55.5 Å². The van der Waals surface area contributed by atoms with Gasteiger partial charge in [-0.1, -0.05) is 31.2 Å². The largest absolute Gasteiger partial charge is 0.478 e. The zero-order chi connectivity index (χ0) is 19.1. The second-order valence-electron chi connectivity index (χ2n) is 6.88. The van der Waals surface area contributed by atoms with Crippen LogP contribution in [0, 0.1) is 5.82 Å². The van der Waals surface area contributed by atoms with Gasteiger partial charge in [0.1, 0.15) is 0 Å². The fraction of sp³-hybridized carbons (Fsp3) is 0.409. The van der Waals surface area contributed by atoms with Gasteiger partial charge in [-0.3, -0.25) is 4.79 Å². The van der Waals surface area contributed by atoms with E-state index >= 15 is 0 Å². The molecular weight excluding hydrogens is 343 g/mol. The van der Waals surface area contributed by atoms with Crippen molar-refractivity contribution in [1.29, 1.82) is 0 Å². The van der Waals surface area contributed by atoms with Gasteiger partial charge < -0.3 is 15.0 Å². The molecule has 0 aromatic heterocycles. The minimum absolute atomic E-state index is 0.102. The number of benzene rings is 2. The number of carbonyl (C=O) groups is 1. The highest BCUT2D eigenvalue weighted by molar-refractivity contribution is 5.81. The second kappa shape index (κ2) is 9.40. The van der Waals surface area contributed by atoms with E-state index in [-0.39, 0.29) is 11.7 Å². The average Bonchev–Trinajstić information content (AvgIpc) is 2.72. The molecule has 1 heterocycles. The maximum atomic E-state index is 13.7. The number of nitrogens with zero attached hydrogens (tertiary/aromatic N) is 1. The van der Waals surface area contributed by atoms with Crippen LogP contribution in [0.5, 0.6) is 5.75 Å². The van der Waals surface area contributed by atoms with Crippen LogP contribution in [-0.4, -0.2) is 25.1 Å². The van der Waals surface area contributed by atoms with E-state index in [4.69, 9.17) is 4.74 Å². The SMILES string of the molecule is CCC(Oc1ccccc1F)C(=O)NCc1ccc(N2CCCCC2)cc1. The Morgan fingerprint density at radius 2 is 1.81 bits per heavy atom. The fourth-order valence-corrected chi connectivity index (χ4v) is 3.30. The summed E-state index contributed by atoms with van der Waals surface area (Å²) in [6.45, 7) is 4.50. The number of nitrogens with one attached hydrogen (secondary N) is 1. The van der Waals surface area contributed by atoms with Gasteiger partial charge in [0.15, 0.2) is 17.7 Å². The molecule has 0 spiro atoms. The van der Waals surface area contributed by atoms with Crippen molar-refractivity contribution >= 4 is 11.6 Å². The van der Waals surface area contributed by atoms with E-state index in [2.05, 4.69) is 22.3 Å². The first-order chi connectivity index (χ1) is 13.2. The number of hydrogen-bond acceptors (Lipinski definition) is 3. The van der Waals surface area contributed by atoms with Crippen LogP contribution in [-0.2, 0) is 11.3 Å². The molecule has 2 aromatic rings. The molecule has 3 rings (SSSR count). The van der Waals surface area contributed by atoms with Crippen LogP contribution in [0.25, 0.3) is 0 Å². The van der Waals surface area contributed by atoms with Crippen LogP contribution in [0.2, 0.25) is 0 Å². The van der Waals surface area contributed by atoms with Crippen molar-refractivity contribution < 1.29 is 13.9 Å². The first kappa shape index (κ1) is 19.2. The Morgan fingerprint density at radius 1 is 1.11 bits per heavy atom. The Hall–Kier alpha value is -2.56. The van der Waals surface area contributed by atoms with E-state index in [9.17, 15) is 9.18 Å². The highest BCUT2D eigenvalue weighted by atomic mass is 19.1. The molecule has 1 N–H and O–H groups in total. The predicted molar refractivity (Wildman–Crippen MR) is 105 cm³/mol. The van der Waals surface area contributed by atoms with Crippen LogP contribution in [0.4, 0.5) is 10.1 Å². The lowest BCUT2D eigenvalue weighted by molar-refractivity contribution is -0.128. The molecule has 2 aromatic carbocycles. The van der Waals surface area contributed by atoms with Crippen molar-refractivity contribution in [1.82, 2.24) is 5.32 Å². The number of ether oxygens (including phenoxy) is 1. The standard InChI is InChI=1S/C22H27FN2O2/c1-2-20(27-21-9-5-4-8-19(21)23)22(26)24-16-17-10-12-18(13-11-17)25-14-6-3-7-15-25/h4-5,8-13,20H,2-3,6-7,14-16H2,1H3,(H,24,26). The minimum atomic E-state index is -0.713. The van der Waals surface area contributed by atoms with Gasteiger partial charge in [0.25, 0.3) is 5.91 Å². The second-order valence-corrected chi connectivity index (χ2v) is 6.88. The summed E-state index contributed by atoms with van der Waals surface area (Å²) in [6, 6.07) is 14.4. The van der Waals surface area contributed by atoms with Gasteiger partial charge in [0.05, 0.1) is 0 Å². The van der Waals surface area contributed by atoms with Gasteiger partial charge in [-0.15, -0.1) is 0 Å². The molecule has 0 saturated carbocycles. The first-order valence-electron chi connectivity index (χ1n) is 9.70. The van der Waals surface area contributed by atoms with Gasteiger partial charge in [-0.25, -0.2) is 4.39 Å². The summed E-state index contributed by atoms with van der Waals surface area (Å²) in [5, 5.41) is 2.89. The predicted octanol–water partition coefficient (Wildman–Crippen LogP) is 4.29. The van der Waals surface area contributed by atoms with Crippen molar-refractivity contribution in [3.8, 4) is 5.75 Å². The molecule has 5 heteroatoms. The van der Waals surface area contributed by atoms with Crippen molar-refractivity contribution in [3.63, 3.8) is 0 Å². The Balaban J connectivity index is 1.53. The first-order valence-corrected chi connectivity index (χ1v) is 9.70. The van der Waals surface area contributed by atoms with Gasteiger partial charge in [-0.2, -0.15) is 0 Å². The van der Waals surface area contributed by atoms with Crippen LogP contribution < -0.4 is 15.0 Å².